The third-order valence-corrected chi connectivity index (χ3v) is 4.03. The molecule has 0 spiro atoms. The Morgan fingerprint density at radius 3 is 2.67 bits per heavy atom. The van der Waals surface area contributed by atoms with E-state index in [4.69, 9.17) is 32.0 Å². The number of benzene rings is 1. The zero-order chi connectivity index (χ0) is 16.8. The fourth-order valence-corrected chi connectivity index (χ4v) is 2.86. The minimum Gasteiger partial charge on any atom is -0.492 e. The lowest BCUT2D eigenvalue weighted by atomic mass is 10.1. The maximum Gasteiger partial charge on any atom is 0.360 e. The molecule has 24 heavy (non-hydrogen) atoms. The Kier molecular flexibility index (Phi) is 8.62. The van der Waals surface area contributed by atoms with Crippen molar-refractivity contribution in [3.63, 3.8) is 0 Å². The average molecular weight is 379 g/mol. The summed E-state index contributed by atoms with van der Waals surface area (Å²) in [6, 6.07) is 1.54. The lowest BCUT2D eigenvalue weighted by molar-refractivity contribution is -0.119. The van der Waals surface area contributed by atoms with E-state index >= 15 is 0 Å². The maximum atomic E-state index is 12.3. The second kappa shape index (κ2) is 9.93. The number of fused-ring (bicyclic) bond motifs is 1. The SMILES string of the molecule is CCO.Cl.Nc1c(Cl)cc(C(=O)ON2CCCCC2)c2c1CCO2. The van der Waals surface area contributed by atoms with E-state index in [9.17, 15) is 4.79 Å². The number of nitrogens with two attached hydrogens (primary N) is 1. The molecule has 0 aromatic heterocycles. The summed E-state index contributed by atoms with van der Waals surface area (Å²) in [6.45, 7) is 4.00. The van der Waals surface area contributed by atoms with Gasteiger partial charge in [-0.3, -0.25) is 0 Å². The predicted octanol–water partition coefficient (Wildman–Crippen LogP) is 2.84. The first-order chi connectivity index (χ1) is 11.1. The molecule has 2 aliphatic rings. The van der Waals surface area contributed by atoms with Crippen molar-refractivity contribution in [1.82, 2.24) is 5.06 Å². The third kappa shape index (κ3) is 4.89. The van der Waals surface area contributed by atoms with E-state index in [1.54, 1.807) is 12.0 Å². The van der Waals surface area contributed by atoms with Crippen LogP contribution in [0.5, 0.6) is 5.75 Å². The first-order valence-electron chi connectivity index (χ1n) is 7.90. The standard InChI is InChI=1S/C14H17ClN2O3.C2H6O.ClH/c15-11-8-10(13-9(12(11)16)4-7-19-13)14(18)20-17-5-2-1-3-6-17;1-2-3;/h8H,1-7,16H2;3H,2H2,1H3;1H. The Morgan fingerprint density at radius 2 is 2.04 bits per heavy atom. The number of nitrogen functional groups attached to an aromatic ring is 1. The second-order valence-corrected chi connectivity index (χ2v) is 5.82. The van der Waals surface area contributed by atoms with Crippen LogP contribution in [-0.2, 0) is 11.3 Å². The van der Waals surface area contributed by atoms with Gasteiger partial charge in [-0.1, -0.05) is 18.0 Å². The van der Waals surface area contributed by atoms with Crippen LogP contribution in [0.4, 0.5) is 5.69 Å². The highest BCUT2D eigenvalue weighted by Crippen LogP contribution is 2.39. The molecule has 136 valence electrons. The molecule has 1 aromatic carbocycles. The molecule has 8 heteroatoms. The van der Waals surface area contributed by atoms with Gasteiger partial charge in [-0.25, -0.2) is 4.79 Å². The number of aliphatic hydroxyl groups excluding tert-OH is 1. The van der Waals surface area contributed by atoms with Gasteiger partial charge in [-0.2, -0.15) is 0 Å². The quantitative estimate of drug-likeness (QED) is 0.769. The second-order valence-electron chi connectivity index (χ2n) is 5.41. The van der Waals surface area contributed by atoms with Gasteiger partial charge in [0.2, 0.25) is 0 Å². The molecule has 1 fully saturated rings. The number of hydroxylamine groups is 2. The van der Waals surface area contributed by atoms with E-state index in [2.05, 4.69) is 0 Å². The molecule has 3 N–H and O–H groups in total. The van der Waals surface area contributed by atoms with Crippen LogP contribution in [0.2, 0.25) is 5.02 Å². The lowest BCUT2D eigenvalue weighted by Crippen LogP contribution is -2.32. The van der Waals surface area contributed by atoms with Crippen LogP contribution in [0.25, 0.3) is 0 Å². The van der Waals surface area contributed by atoms with Crippen molar-refractivity contribution in [3.05, 3.63) is 22.2 Å². The molecule has 2 heterocycles. The van der Waals surface area contributed by atoms with Gasteiger partial charge in [-0.05, 0) is 25.8 Å². The van der Waals surface area contributed by atoms with Crippen LogP contribution < -0.4 is 10.5 Å². The molecule has 0 amide bonds. The first kappa shape index (κ1) is 20.8. The molecule has 0 bridgehead atoms. The number of carbonyl (C=O) groups is 1. The van der Waals surface area contributed by atoms with Gasteiger partial charge in [0.15, 0.2) is 0 Å². The molecule has 0 unspecified atom stereocenters. The van der Waals surface area contributed by atoms with Crippen molar-refractivity contribution < 1.29 is 19.5 Å². The molecule has 0 aliphatic carbocycles. The number of anilines is 1. The number of nitrogens with zero attached hydrogens (tertiary/aromatic N) is 1. The van der Waals surface area contributed by atoms with Gasteiger partial charge in [-0.15, -0.1) is 17.5 Å². The molecular formula is C16H24Cl2N2O4. The van der Waals surface area contributed by atoms with Crippen LogP contribution in [0.15, 0.2) is 6.07 Å². The Bertz CT molecular complexity index is 563. The fourth-order valence-electron chi connectivity index (χ4n) is 2.64. The molecule has 1 saturated heterocycles. The number of halogens is 2. The number of piperidine rings is 1. The Labute approximate surface area is 153 Å². The normalized spacial score (nSPS) is 16.1. The molecular weight excluding hydrogens is 355 g/mol. The molecule has 0 saturated carbocycles. The zero-order valence-corrected chi connectivity index (χ0v) is 15.3. The summed E-state index contributed by atoms with van der Waals surface area (Å²) in [5.74, 6) is 0.0980. The van der Waals surface area contributed by atoms with Gasteiger partial charge in [0.25, 0.3) is 0 Å². The molecule has 3 rings (SSSR count). The van der Waals surface area contributed by atoms with Crippen LogP contribution in [-0.4, -0.2) is 42.4 Å². The minimum atomic E-state index is -0.424. The van der Waals surface area contributed by atoms with E-state index in [-0.39, 0.29) is 19.0 Å². The molecule has 0 radical (unpaired) electrons. The van der Waals surface area contributed by atoms with Crippen LogP contribution in [0, 0.1) is 0 Å². The number of carbonyl (C=O) groups excluding carboxylic acids is 1. The van der Waals surface area contributed by atoms with E-state index < -0.39 is 5.97 Å². The van der Waals surface area contributed by atoms with Crippen molar-refractivity contribution in [3.8, 4) is 5.75 Å². The minimum absolute atomic E-state index is 0. The highest BCUT2D eigenvalue weighted by atomic mass is 35.5. The lowest BCUT2D eigenvalue weighted by Gasteiger charge is -2.25. The molecule has 2 aliphatic heterocycles. The number of rotatable bonds is 2. The largest absolute Gasteiger partial charge is 0.492 e. The monoisotopic (exact) mass is 378 g/mol. The number of hydrogen-bond donors (Lipinski definition) is 2. The Morgan fingerprint density at radius 1 is 1.42 bits per heavy atom. The van der Waals surface area contributed by atoms with E-state index in [1.807, 2.05) is 0 Å². The number of hydrogen-bond acceptors (Lipinski definition) is 6. The van der Waals surface area contributed by atoms with Crippen LogP contribution >= 0.6 is 24.0 Å². The van der Waals surface area contributed by atoms with Crippen LogP contribution in [0.1, 0.15) is 42.1 Å². The number of ether oxygens (including phenoxy) is 1. The first-order valence-corrected chi connectivity index (χ1v) is 8.28. The summed E-state index contributed by atoms with van der Waals surface area (Å²) >= 11 is 6.08. The fraction of sp³-hybridized carbons (Fsp3) is 0.562. The third-order valence-electron chi connectivity index (χ3n) is 3.72. The summed E-state index contributed by atoms with van der Waals surface area (Å²) in [7, 11) is 0. The van der Waals surface area contributed by atoms with Crippen LogP contribution in [0.3, 0.4) is 0 Å². The van der Waals surface area contributed by atoms with Gasteiger partial charge >= 0.3 is 5.97 Å². The molecule has 1 aromatic rings. The van der Waals surface area contributed by atoms with Gasteiger partial charge in [0.05, 0.1) is 17.3 Å². The zero-order valence-electron chi connectivity index (χ0n) is 13.7. The summed E-state index contributed by atoms with van der Waals surface area (Å²) in [4.78, 5) is 17.7. The average Bonchev–Trinajstić information content (AvgIpc) is 3.02. The maximum absolute atomic E-state index is 12.3. The molecule has 0 atom stereocenters. The van der Waals surface area contributed by atoms with E-state index in [1.165, 1.54) is 12.5 Å². The van der Waals surface area contributed by atoms with Gasteiger partial charge in [0, 0.05) is 31.7 Å². The van der Waals surface area contributed by atoms with Crippen molar-refractivity contribution in [2.24, 2.45) is 0 Å². The van der Waals surface area contributed by atoms with Crippen molar-refractivity contribution in [1.29, 1.82) is 0 Å². The predicted molar refractivity (Wildman–Crippen MR) is 95.9 cm³/mol. The molecule has 6 nitrogen and oxygen atoms in total. The Balaban J connectivity index is 0.000000671. The topological polar surface area (TPSA) is 85.0 Å². The summed E-state index contributed by atoms with van der Waals surface area (Å²) < 4.78 is 5.52. The Hall–Kier alpha value is -1.21. The smallest absolute Gasteiger partial charge is 0.360 e. The van der Waals surface area contributed by atoms with Gasteiger partial charge in [0.1, 0.15) is 11.3 Å². The van der Waals surface area contributed by atoms with Crippen molar-refractivity contribution in [2.75, 3.05) is 32.0 Å². The highest BCUT2D eigenvalue weighted by Gasteiger charge is 2.27. The van der Waals surface area contributed by atoms with Crippen molar-refractivity contribution in [2.45, 2.75) is 32.6 Å². The van der Waals surface area contributed by atoms with E-state index in [0.717, 1.165) is 31.5 Å². The van der Waals surface area contributed by atoms with E-state index in [0.29, 0.717) is 35.1 Å². The summed E-state index contributed by atoms with van der Waals surface area (Å²) in [5, 5.41) is 9.65. The summed E-state index contributed by atoms with van der Waals surface area (Å²) in [6.07, 6.45) is 3.95. The summed E-state index contributed by atoms with van der Waals surface area (Å²) in [5.41, 5.74) is 7.58. The van der Waals surface area contributed by atoms with Gasteiger partial charge < -0.3 is 20.4 Å². The highest BCUT2D eigenvalue weighted by molar-refractivity contribution is 6.33. The number of aliphatic hydroxyl groups is 1. The van der Waals surface area contributed by atoms with Crippen molar-refractivity contribution >= 4 is 35.7 Å².